The highest BCUT2D eigenvalue weighted by atomic mass is 32.2. The standard InChI is InChI=1S/C14H18N4O3S/c1-21-10-12-7-17(9-14-15-11-16-18(14)8-12)22(19,20)13-5-3-2-4-6-13/h2-6,11-12H,7-10H2,1H3/t12-/m0/s1. The van der Waals surface area contributed by atoms with Crippen LogP contribution in [0.25, 0.3) is 0 Å². The van der Waals surface area contributed by atoms with Gasteiger partial charge in [-0.1, -0.05) is 18.2 Å². The van der Waals surface area contributed by atoms with Gasteiger partial charge < -0.3 is 4.74 Å². The molecule has 22 heavy (non-hydrogen) atoms. The quantitative estimate of drug-likeness (QED) is 0.830. The average Bonchev–Trinajstić information content (AvgIpc) is 2.87. The summed E-state index contributed by atoms with van der Waals surface area (Å²) in [5.41, 5.74) is 0. The monoisotopic (exact) mass is 322 g/mol. The number of nitrogens with zero attached hydrogens (tertiary/aromatic N) is 4. The Hall–Kier alpha value is -1.77. The SMILES string of the molecule is COC[C@H]1CN(S(=O)(=O)c2ccccc2)Cc2ncnn2C1. The maximum atomic E-state index is 12.8. The van der Waals surface area contributed by atoms with E-state index in [1.807, 2.05) is 0 Å². The van der Waals surface area contributed by atoms with Gasteiger partial charge in [0.1, 0.15) is 12.2 Å². The van der Waals surface area contributed by atoms with E-state index < -0.39 is 10.0 Å². The highest BCUT2D eigenvalue weighted by Crippen LogP contribution is 2.22. The second-order valence-corrected chi connectivity index (χ2v) is 7.23. The number of rotatable bonds is 4. The minimum absolute atomic E-state index is 0.0337. The van der Waals surface area contributed by atoms with E-state index in [4.69, 9.17) is 4.74 Å². The van der Waals surface area contributed by atoms with Crippen molar-refractivity contribution in [2.24, 2.45) is 5.92 Å². The molecule has 1 aliphatic heterocycles. The van der Waals surface area contributed by atoms with Crippen molar-refractivity contribution in [2.45, 2.75) is 18.0 Å². The summed E-state index contributed by atoms with van der Waals surface area (Å²) in [6.45, 7) is 1.68. The highest BCUT2D eigenvalue weighted by molar-refractivity contribution is 7.89. The predicted molar refractivity (Wildman–Crippen MR) is 79.4 cm³/mol. The normalized spacial score (nSPS) is 19.6. The minimum atomic E-state index is -3.56. The van der Waals surface area contributed by atoms with E-state index in [-0.39, 0.29) is 12.5 Å². The van der Waals surface area contributed by atoms with Crippen LogP contribution in [0.4, 0.5) is 0 Å². The van der Waals surface area contributed by atoms with Crippen LogP contribution in [0.5, 0.6) is 0 Å². The third-order valence-electron chi connectivity index (χ3n) is 3.69. The van der Waals surface area contributed by atoms with E-state index in [0.717, 1.165) is 0 Å². The van der Waals surface area contributed by atoms with Crippen LogP contribution >= 0.6 is 0 Å². The van der Waals surface area contributed by atoms with Crippen LogP contribution in [0.2, 0.25) is 0 Å². The summed E-state index contributed by atoms with van der Waals surface area (Å²) in [5.74, 6) is 0.685. The van der Waals surface area contributed by atoms with Gasteiger partial charge in [-0.3, -0.25) is 0 Å². The molecule has 0 saturated carbocycles. The van der Waals surface area contributed by atoms with Crippen LogP contribution in [0.3, 0.4) is 0 Å². The van der Waals surface area contributed by atoms with Gasteiger partial charge in [0.15, 0.2) is 0 Å². The van der Waals surface area contributed by atoms with Crippen molar-refractivity contribution in [3.63, 3.8) is 0 Å². The number of ether oxygens (including phenoxy) is 1. The molecule has 7 nitrogen and oxygen atoms in total. The lowest BCUT2D eigenvalue weighted by Crippen LogP contribution is -2.35. The molecule has 2 heterocycles. The van der Waals surface area contributed by atoms with Crippen LogP contribution in [0, 0.1) is 5.92 Å². The Morgan fingerprint density at radius 1 is 1.27 bits per heavy atom. The number of hydrogen-bond acceptors (Lipinski definition) is 5. The number of methoxy groups -OCH3 is 1. The minimum Gasteiger partial charge on any atom is -0.384 e. The van der Waals surface area contributed by atoms with Gasteiger partial charge in [0.05, 0.1) is 18.0 Å². The molecule has 0 N–H and O–H groups in total. The summed E-state index contributed by atoms with van der Waals surface area (Å²) in [7, 11) is -1.95. The van der Waals surface area contributed by atoms with Gasteiger partial charge in [-0.15, -0.1) is 0 Å². The van der Waals surface area contributed by atoms with Crippen molar-refractivity contribution in [3.8, 4) is 0 Å². The number of aromatic nitrogens is 3. The molecule has 0 amide bonds. The number of fused-ring (bicyclic) bond motifs is 1. The van der Waals surface area contributed by atoms with Gasteiger partial charge in [0, 0.05) is 26.1 Å². The number of benzene rings is 1. The molecule has 0 saturated heterocycles. The summed E-state index contributed by atoms with van der Waals surface area (Å²) >= 11 is 0. The second kappa shape index (κ2) is 6.15. The smallest absolute Gasteiger partial charge is 0.243 e. The van der Waals surface area contributed by atoms with Gasteiger partial charge in [-0.2, -0.15) is 9.40 Å². The molecule has 8 heteroatoms. The van der Waals surface area contributed by atoms with Crippen LogP contribution in [-0.2, 0) is 27.8 Å². The van der Waals surface area contributed by atoms with Gasteiger partial charge >= 0.3 is 0 Å². The summed E-state index contributed by atoms with van der Waals surface area (Å²) in [6.07, 6.45) is 1.46. The molecular formula is C14H18N4O3S. The van der Waals surface area contributed by atoms with E-state index in [2.05, 4.69) is 10.1 Å². The van der Waals surface area contributed by atoms with Crippen LogP contribution in [-0.4, -0.2) is 47.7 Å². The van der Waals surface area contributed by atoms with E-state index in [1.165, 1.54) is 10.6 Å². The fraction of sp³-hybridized carbons (Fsp3) is 0.429. The molecule has 0 fully saturated rings. The molecule has 0 unspecified atom stereocenters. The summed E-state index contributed by atoms with van der Waals surface area (Å²) in [5, 5.41) is 4.17. The maximum Gasteiger partial charge on any atom is 0.243 e. The zero-order valence-corrected chi connectivity index (χ0v) is 13.1. The molecular weight excluding hydrogens is 304 g/mol. The fourth-order valence-electron chi connectivity index (χ4n) is 2.64. The van der Waals surface area contributed by atoms with Crippen molar-refractivity contribution in [2.75, 3.05) is 20.3 Å². The van der Waals surface area contributed by atoms with Crippen LogP contribution in [0.1, 0.15) is 5.82 Å². The van der Waals surface area contributed by atoms with Crippen molar-refractivity contribution < 1.29 is 13.2 Å². The maximum absolute atomic E-state index is 12.8. The van der Waals surface area contributed by atoms with Crippen molar-refractivity contribution >= 4 is 10.0 Å². The summed E-state index contributed by atoms with van der Waals surface area (Å²) in [6, 6.07) is 8.46. The first-order valence-corrected chi connectivity index (χ1v) is 8.46. The molecule has 0 spiro atoms. The Labute approximate surface area is 129 Å². The first kappa shape index (κ1) is 15.1. The van der Waals surface area contributed by atoms with Crippen molar-refractivity contribution in [1.29, 1.82) is 0 Å². The first-order valence-electron chi connectivity index (χ1n) is 7.02. The van der Waals surface area contributed by atoms with Gasteiger partial charge in [-0.05, 0) is 12.1 Å². The Bertz CT molecular complexity index is 730. The van der Waals surface area contributed by atoms with Crippen LogP contribution in [0.15, 0.2) is 41.6 Å². The lowest BCUT2D eigenvalue weighted by atomic mass is 10.1. The Morgan fingerprint density at radius 2 is 2.05 bits per heavy atom. The zero-order valence-electron chi connectivity index (χ0n) is 12.3. The molecule has 1 aromatic carbocycles. The zero-order chi connectivity index (χ0) is 15.6. The Kier molecular flexibility index (Phi) is 4.23. The second-order valence-electron chi connectivity index (χ2n) is 5.29. The summed E-state index contributed by atoms with van der Waals surface area (Å²) in [4.78, 5) is 4.46. The predicted octanol–water partition coefficient (Wildman–Crippen LogP) is 0.745. The molecule has 0 bridgehead atoms. The summed E-state index contributed by atoms with van der Waals surface area (Å²) < 4.78 is 34.1. The van der Waals surface area contributed by atoms with Gasteiger partial charge in [-0.25, -0.2) is 18.1 Å². The molecule has 1 aliphatic rings. The Balaban J connectivity index is 1.95. The largest absolute Gasteiger partial charge is 0.384 e. The lowest BCUT2D eigenvalue weighted by molar-refractivity contribution is 0.133. The fourth-order valence-corrected chi connectivity index (χ4v) is 4.13. The van der Waals surface area contributed by atoms with E-state index in [0.29, 0.717) is 30.4 Å². The van der Waals surface area contributed by atoms with E-state index in [1.54, 1.807) is 42.1 Å². The van der Waals surface area contributed by atoms with E-state index in [9.17, 15) is 8.42 Å². The van der Waals surface area contributed by atoms with Crippen molar-refractivity contribution in [3.05, 3.63) is 42.5 Å². The molecule has 0 aliphatic carbocycles. The number of hydrogen-bond donors (Lipinski definition) is 0. The van der Waals surface area contributed by atoms with Gasteiger partial charge in [0.25, 0.3) is 0 Å². The third kappa shape index (κ3) is 2.90. The van der Waals surface area contributed by atoms with Gasteiger partial charge in [0.2, 0.25) is 10.0 Å². The average molecular weight is 322 g/mol. The molecule has 1 atom stereocenters. The highest BCUT2D eigenvalue weighted by Gasteiger charge is 2.31. The van der Waals surface area contributed by atoms with Crippen LogP contribution < -0.4 is 0 Å². The number of sulfonamides is 1. The molecule has 1 aromatic heterocycles. The van der Waals surface area contributed by atoms with E-state index >= 15 is 0 Å². The molecule has 0 radical (unpaired) electrons. The first-order chi connectivity index (χ1) is 10.6. The molecule has 118 valence electrons. The molecule has 2 aromatic rings. The molecule has 3 rings (SSSR count). The Morgan fingerprint density at radius 3 is 2.77 bits per heavy atom. The third-order valence-corrected chi connectivity index (χ3v) is 5.52. The topological polar surface area (TPSA) is 77.3 Å². The van der Waals surface area contributed by atoms with Crippen molar-refractivity contribution in [1.82, 2.24) is 19.1 Å². The lowest BCUT2D eigenvalue weighted by Gasteiger charge is -2.23.